The summed E-state index contributed by atoms with van der Waals surface area (Å²) in [5, 5.41) is 0. The molecule has 0 fully saturated rings. The predicted molar refractivity (Wildman–Crippen MR) is 80.0 cm³/mol. The minimum atomic E-state index is -0.498. The van der Waals surface area contributed by atoms with Crippen LogP contribution in [0.25, 0.3) is 0 Å². The molecular formula is C16H14BrFO2. The molecule has 0 aromatic heterocycles. The topological polar surface area (TPSA) is 26.3 Å². The predicted octanol–water partition coefficient (Wildman–Crippen LogP) is 4.44. The quantitative estimate of drug-likeness (QED) is 0.774. The van der Waals surface area contributed by atoms with Gasteiger partial charge in [-0.3, -0.25) is 4.79 Å². The molecule has 0 saturated carbocycles. The van der Waals surface area contributed by atoms with Crippen molar-refractivity contribution in [3.8, 4) is 5.75 Å². The van der Waals surface area contributed by atoms with E-state index < -0.39 is 5.82 Å². The van der Waals surface area contributed by atoms with Gasteiger partial charge in [0.15, 0.2) is 5.78 Å². The number of ketones is 1. The number of benzene rings is 2. The summed E-state index contributed by atoms with van der Waals surface area (Å²) in [5.74, 6) is -0.297. The molecule has 0 aliphatic heterocycles. The lowest BCUT2D eigenvalue weighted by Gasteiger charge is -2.10. The fourth-order valence-electron chi connectivity index (χ4n) is 2.14. The SMILES string of the molecule is COc1ccc(Br)c(C(=O)c2c(C)cc(C)cc2F)c1. The maximum atomic E-state index is 14.1. The number of halogens is 2. The summed E-state index contributed by atoms with van der Waals surface area (Å²) in [4.78, 5) is 12.6. The van der Waals surface area contributed by atoms with Gasteiger partial charge in [-0.1, -0.05) is 22.0 Å². The molecule has 0 atom stereocenters. The zero-order valence-corrected chi connectivity index (χ0v) is 13.0. The van der Waals surface area contributed by atoms with E-state index in [1.54, 1.807) is 38.1 Å². The van der Waals surface area contributed by atoms with Gasteiger partial charge in [0.2, 0.25) is 0 Å². The molecule has 0 saturated heterocycles. The van der Waals surface area contributed by atoms with E-state index in [1.165, 1.54) is 13.2 Å². The van der Waals surface area contributed by atoms with Crippen LogP contribution in [0.2, 0.25) is 0 Å². The lowest BCUT2D eigenvalue weighted by molar-refractivity contribution is 0.103. The molecule has 4 heteroatoms. The van der Waals surface area contributed by atoms with Crippen LogP contribution in [0.15, 0.2) is 34.8 Å². The highest BCUT2D eigenvalue weighted by Crippen LogP contribution is 2.27. The summed E-state index contributed by atoms with van der Waals surface area (Å²) in [7, 11) is 1.52. The molecule has 0 N–H and O–H groups in total. The third-order valence-electron chi connectivity index (χ3n) is 3.08. The fraction of sp³-hybridized carbons (Fsp3) is 0.188. The molecule has 0 aliphatic rings. The number of carbonyl (C=O) groups is 1. The first-order valence-corrected chi connectivity index (χ1v) is 6.88. The normalized spacial score (nSPS) is 10.4. The van der Waals surface area contributed by atoms with E-state index in [4.69, 9.17) is 4.74 Å². The number of aryl methyl sites for hydroxylation is 2. The first kappa shape index (κ1) is 14.7. The average Bonchev–Trinajstić information content (AvgIpc) is 2.37. The van der Waals surface area contributed by atoms with Crippen molar-refractivity contribution in [2.24, 2.45) is 0 Å². The number of methoxy groups -OCH3 is 1. The molecule has 0 amide bonds. The largest absolute Gasteiger partial charge is 0.497 e. The Kier molecular flexibility index (Phi) is 4.23. The second kappa shape index (κ2) is 5.75. The van der Waals surface area contributed by atoms with Gasteiger partial charge < -0.3 is 4.74 Å². The van der Waals surface area contributed by atoms with E-state index in [1.807, 2.05) is 0 Å². The van der Waals surface area contributed by atoms with Crippen molar-refractivity contribution < 1.29 is 13.9 Å². The molecule has 0 spiro atoms. The molecule has 0 unspecified atom stereocenters. The summed E-state index contributed by atoms with van der Waals surface area (Å²) < 4.78 is 19.8. The highest BCUT2D eigenvalue weighted by molar-refractivity contribution is 9.10. The molecule has 104 valence electrons. The maximum absolute atomic E-state index is 14.1. The highest BCUT2D eigenvalue weighted by Gasteiger charge is 2.20. The average molecular weight is 337 g/mol. The van der Waals surface area contributed by atoms with E-state index in [0.29, 0.717) is 21.3 Å². The Labute approximate surface area is 125 Å². The third-order valence-corrected chi connectivity index (χ3v) is 3.77. The van der Waals surface area contributed by atoms with Crippen LogP contribution in [-0.2, 0) is 0 Å². The number of hydrogen-bond donors (Lipinski definition) is 0. The van der Waals surface area contributed by atoms with Crippen molar-refractivity contribution in [1.82, 2.24) is 0 Å². The Morgan fingerprint density at radius 3 is 2.50 bits per heavy atom. The fourth-order valence-corrected chi connectivity index (χ4v) is 2.57. The number of ether oxygens (including phenoxy) is 1. The summed E-state index contributed by atoms with van der Waals surface area (Å²) in [6.07, 6.45) is 0. The maximum Gasteiger partial charge on any atom is 0.197 e. The van der Waals surface area contributed by atoms with E-state index in [9.17, 15) is 9.18 Å². The lowest BCUT2D eigenvalue weighted by Crippen LogP contribution is -2.08. The van der Waals surface area contributed by atoms with Crippen LogP contribution in [0, 0.1) is 19.7 Å². The molecule has 20 heavy (non-hydrogen) atoms. The van der Waals surface area contributed by atoms with Gasteiger partial charge in [-0.15, -0.1) is 0 Å². The summed E-state index contributed by atoms with van der Waals surface area (Å²) >= 11 is 3.32. The second-order valence-electron chi connectivity index (χ2n) is 4.61. The Hall–Kier alpha value is -1.68. The van der Waals surface area contributed by atoms with Crippen LogP contribution in [-0.4, -0.2) is 12.9 Å². The third kappa shape index (κ3) is 2.75. The van der Waals surface area contributed by atoms with Gasteiger partial charge in [0.1, 0.15) is 11.6 Å². The van der Waals surface area contributed by atoms with E-state index in [0.717, 1.165) is 5.56 Å². The van der Waals surface area contributed by atoms with Gasteiger partial charge >= 0.3 is 0 Å². The first-order valence-electron chi connectivity index (χ1n) is 6.09. The minimum absolute atomic E-state index is 0.101. The van der Waals surface area contributed by atoms with Gasteiger partial charge in [0, 0.05) is 10.0 Å². The Morgan fingerprint density at radius 1 is 1.20 bits per heavy atom. The molecular weight excluding hydrogens is 323 g/mol. The van der Waals surface area contributed by atoms with Gasteiger partial charge in [0.05, 0.1) is 12.7 Å². The molecule has 2 nitrogen and oxygen atoms in total. The molecule has 0 heterocycles. The Balaban J connectivity index is 2.57. The number of carbonyl (C=O) groups excluding carboxylic acids is 1. The zero-order valence-electron chi connectivity index (χ0n) is 11.5. The lowest BCUT2D eigenvalue weighted by atomic mass is 9.97. The molecule has 0 bridgehead atoms. The highest BCUT2D eigenvalue weighted by atomic mass is 79.9. The first-order chi connectivity index (χ1) is 9.43. The van der Waals surface area contributed by atoms with Crippen molar-refractivity contribution in [3.63, 3.8) is 0 Å². The minimum Gasteiger partial charge on any atom is -0.497 e. The summed E-state index contributed by atoms with van der Waals surface area (Å²) in [5.41, 5.74) is 1.91. The van der Waals surface area contributed by atoms with E-state index in [2.05, 4.69) is 15.9 Å². The van der Waals surface area contributed by atoms with Crippen molar-refractivity contribution in [1.29, 1.82) is 0 Å². The monoisotopic (exact) mass is 336 g/mol. The van der Waals surface area contributed by atoms with Crippen molar-refractivity contribution in [3.05, 3.63) is 62.9 Å². The molecule has 2 aromatic carbocycles. The van der Waals surface area contributed by atoms with Crippen LogP contribution in [0.3, 0.4) is 0 Å². The summed E-state index contributed by atoms with van der Waals surface area (Å²) in [6, 6.07) is 8.22. The summed E-state index contributed by atoms with van der Waals surface area (Å²) in [6.45, 7) is 3.53. The standard InChI is InChI=1S/C16H14BrFO2/c1-9-6-10(2)15(14(18)7-9)16(19)12-8-11(20-3)4-5-13(12)17/h4-8H,1-3H3. The van der Waals surface area contributed by atoms with Crippen molar-refractivity contribution >= 4 is 21.7 Å². The smallest absolute Gasteiger partial charge is 0.197 e. The zero-order chi connectivity index (χ0) is 14.9. The molecule has 0 radical (unpaired) electrons. The van der Waals surface area contributed by atoms with Crippen LogP contribution in [0.1, 0.15) is 27.0 Å². The van der Waals surface area contributed by atoms with E-state index >= 15 is 0 Å². The van der Waals surface area contributed by atoms with Crippen molar-refractivity contribution in [2.75, 3.05) is 7.11 Å². The van der Waals surface area contributed by atoms with Gasteiger partial charge in [-0.2, -0.15) is 0 Å². The van der Waals surface area contributed by atoms with Gasteiger partial charge in [-0.25, -0.2) is 4.39 Å². The van der Waals surface area contributed by atoms with Crippen LogP contribution >= 0.6 is 15.9 Å². The van der Waals surface area contributed by atoms with Crippen LogP contribution in [0.5, 0.6) is 5.75 Å². The van der Waals surface area contributed by atoms with E-state index in [-0.39, 0.29) is 11.3 Å². The van der Waals surface area contributed by atoms with Crippen molar-refractivity contribution in [2.45, 2.75) is 13.8 Å². The number of rotatable bonds is 3. The Bertz CT molecular complexity index is 657. The Morgan fingerprint density at radius 2 is 1.90 bits per heavy atom. The second-order valence-corrected chi connectivity index (χ2v) is 5.47. The van der Waals surface area contributed by atoms with Crippen LogP contribution < -0.4 is 4.74 Å². The molecule has 0 aliphatic carbocycles. The molecule has 2 rings (SSSR count). The van der Waals surface area contributed by atoms with Gasteiger partial charge in [0.25, 0.3) is 0 Å². The number of hydrogen-bond acceptors (Lipinski definition) is 2. The van der Waals surface area contributed by atoms with Gasteiger partial charge in [-0.05, 0) is 49.2 Å². The molecule has 2 aromatic rings. The van der Waals surface area contributed by atoms with Crippen LogP contribution in [0.4, 0.5) is 4.39 Å².